The minimum atomic E-state index is -1.27. The first-order valence-corrected chi connectivity index (χ1v) is 11.3. The monoisotopic (exact) mass is 497 g/mol. The van der Waals surface area contributed by atoms with Gasteiger partial charge in [-0.1, -0.05) is 12.1 Å². The van der Waals surface area contributed by atoms with E-state index in [4.69, 9.17) is 4.74 Å². The number of carbonyl (C=O) groups is 4. The molecule has 0 saturated carbocycles. The number of nitrogens with one attached hydrogen (secondary N) is 1. The number of benzene rings is 2. The molecular weight excluding hydrogens is 478 g/mol. The average Bonchev–Trinajstić information content (AvgIpc) is 2.85. The Labute approximate surface area is 202 Å². The molecule has 2 aliphatic rings. The summed E-state index contributed by atoms with van der Waals surface area (Å²) in [6, 6.07) is 9.30. The molecule has 35 heavy (non-hydrogen) atoms. The lowest BCUT2D eigenvalue weighted by Crippen LogP contribution is -2.73. The molecule has 3 atom stereocenters. The molecule has 0 spiro atoms. The molecule has 0 bridgehead atoms. The second-order valence-electron chi connectivity index (χ2n) is 7.87. The van der Waals surface area contributed by atoms with Crippen LogP contribution in [0.5, 0.6) is 0 Å². The topological polar surface area (TPSA) is 156 Å². The first-order valence-electron chi connectivity index (χ1n) is 10.4. The van der Waals surface area contributed by atoms with Crippen LogP contribution >= 0.6 is 11.8 Å². The smallest absolute Gasteiger partial charge is 0.336 e. The van der Waals surface area contributed by atoms with Crippen LogP contribution in [0.25, 0.3) is 0 Å². The van der Waals surface area contributed by atoms with Crippen molar-refractivity contribution in [2.75, 3.05) is 0 Å². The Bertz CT molecular complexity index is 1260. The number of rotatable bonds is 7. The van der Waals surface area contributed by atoms with Crippen molar-refractivity contribution in [2.24, 2.45) is 0 Å². The number of hydrogen-bond acceptors (Lipinski definition) is 8. The summed E-state index contributed by atoms with van der Waals surface area (Å²) in [7, 11) is 0. The number of amides is 2. The second kappa shape index (κ2) is 9.58. The Morgan fingerprint density at radius 3 is 2.43 bits per heavy atom. The minimum absolute atomic E-state index is 0.0714. The third-order valence-electron chi connectivity index (χ3n) is 5.62. The molecule has 0 aromatic heterocycles. The van der Waals surface area contributed by atoms with Gasteiger partial charge in [0.1, 0.15) is 18.0 Å². The van der Waals surface area contributed by atoms with Crippen LogP contribution < -0.4 is 5.32 Å². The molecule has 11 nitrogen and oxygen atoms in total. The first-order chi connectivity index (χ1) is 16.7. The van der Waals surface area contributed by atoms with E-state index in [0.717, 1.165) is 0 Å². The molecule has 1 fully saturated rings. The number of hydrogen-bond donors (Lipinski definition) is 2. The van der Waals surface area contributed by atoms with Crippen LogP contribution in [-0.4, -0.2) is 56.1 Å². The van der Waals surface area contributed by atoms with E-state index < -0.39 is 46.1 Å². The summed E-state index contributed by atoms with van der Waals surface area (Å²) in [5, 5.41) is 23.8. The predicted octanol–water partition coefficient (Wildman–Crippen LogP) is 2.32. The third-order valence-corrected chi connectivity index (χ3v) is 6.91. The van der Waals surface area contributed by atoms with Gasteiger partial charge in [-0.25, -0.2) is 9.59 Å². The molecule has 12 heteroatoms. The van der Waals surface area contributed by atoms with Crippen LogP contribution in [-0.2, 0) is 20.9 Å². The molecule has 2 N–H and O–H groups in total. The van der Waals surface area contributed by atoms with Gasteiger partial charge in [0.15, 0.2) is 6.04 Å². The maximum Gasteiger partial charge on any atom is 0.336 e. The molecule has 180 valence electrons. The summed E-state index contributed by atoms with van der Waals surface area (Å²) in [4.78, 5) is 61.4. The van der Waals surface area contributed by atoms with Gasteiger partial charge in [0.2, 0.25) is 5.91 Å². The van der Waals surface area contributed by atoms with Crippen LogP contribution in [0.15, 0.2) is 59.5 Å². The lowest BCUT2D eigenvalue weighted by molar-refractivity contribution is -0.384. The maximum absolute atomic E-state index is 12.9. The van der Waals surface area contributed by atoms with Crippen LogP contribution in [0, 0.1) is 10.1 Å². The molecule has 2 aromatic rings. The minimum Gasteiger partial charge on any atom is -0.478 e. The summed E-state index contributed by atoms with van der Waals surface area (Å²) >= 11 is 1.26. The number of nitrogens with zero attached hydrogens (tertiary/aromatic N) is 2. The van der Waals surface area contributed by atoms with E-state index in [-0.39, 0.29) is 23.4 Å². The van der Waals surface area contributed by atoms with E-state index in [1.54, 1.807) is 12.3 Å². The van der Waals surface area contributed by atoms with Crippen molar-refractivity contribution in [3.05, 3.63) is 86.3 Å². The average molecular weight is 497 g/mol. The number of fused-ring (bicyclic) bond motifs is 1. The molecule has 2 heterocycles. The van der Waals surface area contributed by atoms with Crippen molar-refractivity contribution < 1.29 is 33.9 Å². The lowest BCUT2D eigenvalue weighted by atomic mass is 9.98. The lowest BCUT2D eigenvalue weighted by Gasteiger charge is -2.51. The van der Waals surface area contributed by atoms with Gasteiger partial charge >= 0.3 is 11.9 Å². The molecule has 2 amide bonds. The van der Waals surface area contributed by atoms with Crippen molar-refractivity contribution in [3.8, 4) is 0 Å². The van der Waals surface area contributed by atoms with E-state index in [2.05, 4.69) is 5.32 Å². The zero-order valence-corrected chi connectivity index (χ0v) is 19.1. The highest BCUT2D eigenvalue weighted by molar-refractivity contribution is 8.02. The fourth-order valence-corrected chi connectivity index (χ4v) is 5.01. The first kappa shape index (κ1) is 24.0. The van der Waals surface area contributed by atoms with Gasteiger partial charge in [-0.05, 0) is 47.7 Å². The Hall–Kier alpha value is -4.19. The SMILES string of the molecule is CC1=CS[C@H]2C(NC(=O)c3ccccc3C(=O)O)C(=O)N2C1C(=O)OCc1ccc([N+](=O)[O-])cc1. The highest BCUT2D eigenvalue weighted by Crippen LogP contribution is 2.40. The van der Waals surface area contributed by atoms with E-state index in [1.165, 1.54) is 65.2 Å². The Morgan fingerprint density at radius 2 is 1.80 bits per heavy atom. The Morgan fingerprint density at radius 1 is 1.14 bits per heavy atom. The molecule has 0 radical (unpaired) electrons. The van der Waals surface area contributed by atoms with Crippen molar-refractivity contribution in [3.63, 3.8) is 0 Å². The number of ether oxygens (including phenoxy) is 1. The number of nitro groups is 1. The van der Waals surface area contributed by atoms with Crippen LogP contribution in [0.4, 0.5) is 5.69 Å². The highest BCUT2D eigenvalue weighted by atomic mass is 32.2. The molecule has 4 rings (SSSR count). The Kier molecular flexibility index (Phi) is 6.56. The molecule has 2 aromatic carbocycles. The quantitative estimate of drug-likeness (QED) is 0.254. The van der Waals surface area contributed by atoms with Gasteiger partial charge in [0.05, 0.1) is 16.1 Å². The number of nitro benzene ring substituents is 1. The van der Waals surface area contributed by atoms with Gasteiger partial charge in [0, 0.05) is 12.1 Å². The number of thioether (sulfide) groups is 1. The number of β-lactam (4-membered cyclic amide) rings is 1. The summed E-state index contributed by atoms with van der Waals surface area (Å²) in [6.07, 6.45) is 0. The summed E-state index contributed by atoms with van der Waals surface area (Å²) in [5.74, 6) is -3.13. The molecule has 0 aliphatic carbocycles. The number of non-ortho nitro benzene ring substituents is 1. The third kappa shape index (κ3) is 4.60. The van der Waals surface area contributed by atoms with Crippen LogP contribution in [0.1, 0.15) is 33.2 Å². The van der Waals surface area contributed by atoms with Crippen molar-refractivity contribution in [1.29, 1.82) is 0 Å². The van der Waals surface area contributed by atoms with E-state index in [1.807, 2.05) is 0 Å². The zero-order valence-electron chi connectivity index (χ0n) is 18.2. The van der Waals surface area contributed by atoms with Gasteiger partial charge in [-0.2, -0.15) is 0 Å². The fourth-order valence-electron chi connectivity index (χ4n) is 3.83. The maximum atomic E-state index is 12.9. The summed E-state index contributed by atoms with van der Waals surface area (Å²) in [6.45, 7) is 1.55. The summed E-state index contributed by atoms with van der Waals surface area (Å²) in [5.41, 5.74) is 0.793. The van der Waals surface area contributed by atoms with Gasteiger partial charge in [-0.15, -0.1) is 11.8 Å². The molecule has 2 unspecified atom stereocenters. The molecular formula is C23H19N3O8S. The normalized spacial score (nSPS) is 20.7. The van der Waals surface area contributed by atoms with E-state index in [9.17, 15) is 34.4 Å². The predicted molar refractivity (Wildman–Crippen MR) is 123 cm³/mol. The van der Waals surface area contributed by atoms with Gasteiger partial charge in [0.25, 0.3) is 11.6 Å². The van der Waals surface area contributed by atoms with Gasteiger partial charge < -0.3 is 20.1 Å². The number of carbonyl (C=O) groups excluding carboxylic acids is 3. The van der Waals surface area contributed by atoms with Gasteiger partial charge in [-0.3, -0.25) is 19.7 Å². The van der Waals surface area contributed by atoms with E-state index >= 15 is 0 Å². The second-order valence-corrected chi connectivity index (χ2v) is 8.86. The number of esters is 1. The zero-order chi connectivity index (χ0) is 25.3. The van der Waals surface area contributed by atoms with Crippen molar-refractivity contribution in [1.82, 2.24) is 10.2 Å². The number of carboxylic acids is 1. The standard InChI is InChI=1S/C23H19N3O8S/c1-12-11-35-21-17(24-19(27)15-4-2-3-5-16(15)22(29)30)20(28)25(21)18(12)23(31)34-10-13-6-8-14(9-7-13)26(32)33/h2-9,11,17-18,21H,10H2,1H3,(H,24,27)(H,29,30)/t17?,18?,21-/m0/s1. The van der Waals surface area contributed by atoms with Crippen molar-refractivity contribution >= 4 is 41.2 Å². The van der Waals surface area contributed by atoms with E-state index in [0.29, 0.717) is 11.1 Å². The Balaban J connectivity index is 1.43. The largest absolute Gasteiger partial charge is 0.478 e. The van der Waals surface area contributed by atoms with Crippen LogP contribution in [0.3, 0.4) is 0 Å². The highest BCUT2D eigenvalue weighted by Gasteiger charge is 2.55. The summed E-state index contributed by atoms with van der Waals surface area (Å²) < 4.78 is 5.36. The molecule has 1 saturated heterocycles. The molecule has 2 aliphatic heterocycles. The van der Waals surface area contributed by atoms with Crippen molar-refractivity contribution in [2.45, 2.75) is 31.0 Å². The van der Waals surface area contributed by atoms with Crippen LogP contribution in [0.2, 0.25) is 0 Å². The number of carboxylic acid groups (broad SMARTS) is 1. The fraction of sp³-hybridized carbons (Fsp3) is 0.217. The number of aromatic carboxylic acids is 1.